The fraction of sp³-hybridized carbons (Fsp3) is 0.500. The van der Waals surface area contributed by atoms with Gasteiger partial charge in [0.1, 0.15) is 11.0 Å². The molecule has 8 heteroatoms. The number of anilines is 2. The maximum absolute atomic E-state index is 13.1. The van der Waals surface area contributed by atoms with Crippen LogP contribution in [0.15, 0.2) is 47.4 Å². The quantitative estimate of drug-likeness (QED) is 0.432. The summed E-state index contributed by atoms with van der Waals surface area (Å²) in [4.78, 5) is 14.2. The van der Waals surface area contributed by atoms with Gasteiger partial charge in [-0.3, -0.25) is 9.10 Å². The molecule has 1 aliphatic rings. The Hall–Kier alpha value is -1.87. The Bertz CT molecular complexity index is 973. The van der Waals surface area contributed by atoms with Crippen LogP contribution in [0, 0.1) is 11.8 Å². The van der Waals surface area contributed by atoms with Crippen LogP contribution in [0.5, 0.6) is 0 Å². The van der Waals surface area contributed by atoms with E-state index in [1.165, 1.54) is 30.6 Å². The van der Waals surface area contributed by atoms with Crippen LogP contribution < -0.4 is 15.4 Å². The van der Waals surface area contributed by atoms with Crippen LogP contribution in [0.2, 0.25) is 0 Å². The SMILES string of the molecule is CC(C)CCC1CCN(Sc2ccc(NC(=O)c3cc(CN)ccc3N(C)S(C)=O)cc2)CC1. The molecule has 1 unspecified atom stereocenters. The van der Waals surface area contributed by atoms with E-state index >= 15 is 0 Å². The highest BCUT2D eigenvalue weighted by Gasteiger charge is 2.20. The van der Waals surface area contributed by atoms with Crippen molar-refractivity contribution in [2.24, 2.45) is 17.6 Å². The molecule has 1 aliphatic heterocycles. The van der Waals surface area contributed by atoms with Gasteiger partial charge >= 0.3 is 0 Å². The van der Waals surface area contributed by atoms with Crippen molar-refractivity contribution in [2.45, 2.75) is 51.0 Å². The fourth-order valence-electron chi connectivity index (χ4n) is 4.11. The monoisotopic (exact) mass is 502 g/mol. The van der Waals surface area contributed by atoms with Gasteiger partial charge in [0.25, 0.3) is 5.91 Å². The number of nitrogens with one attached hydrogen (secondary N) is 1. The average Bonchev–Trinajstić information content (AvgIpc) is 2.83. The van der Waals surface area contributed by atoms with Gasteiger partial charge in [0.05, 0.1) is 11.3 Å². The normalized spacial score (nSPS) is 15.9. The molecule has 0 spiro atoms. The second-order valence-corrected chi connectivity index (χ2v) is 12.0. The lowest BCUT2D eigenvalue weighted by molar-refractivity contribution is 0.102. The maximum Gasteiger partial charge on any atom is 0.257 e. The van der Waals surface area contributed by atoms with Gasteiger partial charge in [0.15, 0.2) is 0 Å². The van der Waals surface area contributed by atoms with Crippen molar-refractivity contribution < 1.29 is 9.00 Å². The standard InChI is InChI=1S/C26H38N4O2S2/c1-19(2)5-6-20-13-15-30(16-14-20)33-23-10-8-22(9-11-23)28-26(31)24-17-21(18-27)7-12-25(24)29(3)34(4)32/h7-12,17,19-20H,5-6,13-16,18,27H2,1-4H3,(H,28,31). The second-order valence-electron chi connectivity index (χ2n) is 9.39. The summed E-state index contributed by atoms with van der Waals surface area (Å²) in [5, 5.41) is 2.98. The van der Waals surface area contributed by atoms with Crippen molar-refractivity contribution in [1.82, 2.24) is 4.31 Å². The van der Waals surface area contributed by atoms with Gasteiger partial charge in [-0.1, -0.05) is 32.8 Å². The molecule has 0 saturated carbocycles. The molecule has 0 radical (unpaired) electrons. The minimum atomic E-state index is -1.24. The molecule has 3 rings (SSSR count). The first kappa shape index (κ1) is 26.7. The molecule has 0 aromatic heterocycles. The van der Waals surface area contributed by atoms with Crippen LogP contribution in [0.3, 0.4) is 0 Å². The van der Waals surface area contributed by atoms with E-state index in [2.05, 4.69) is 35.6 Å². The van der Waals surface area contributed by atoms with E-state index in [1.54, 1.807) is 41.7 Å². The summed E-state index contributed by atoms with van der Waals surface area (Å²) < 4.78 is 16.0. The number of rotatable bonds is 10. The lowest BCUT2D eigenvalue weighted by Gasteiger charge is -2.31. The number of hydrogen-bond acceptors (Lipinski definition) is 5. The number of benzene rings is 2. The van der Waals surface area contributed by atoms with E-state index in [9.17, 15) is 9.00 Å². The molecule has 3 N–H and O–H groups in total. The minimum absolute atomic E-state index is 0.244. The van der Waals surface area contributed by atoms with Crippen molar-refractivity contribution in [3.8, 4) is 0 Å². The van der Waals surface area contributed by atoms with E-state index in [4.69, 9.17) is 5.73 Å². The maximum atomic E-state index is 13.1. The van der Waals surface area contributed by atoms with Crippen molar-refractivity contribution in [3.63, 3.8) is 0 Å². The molecule has 2 aromatic carbocycles. The highest BCUT2D eigenvalue weighted by Crippen LogP contribution is 2.31. The Balaban J connectivity index is 1.59. The molecule has 2 aromatic rings. The van der Waals surface area contributed by atoms with Crippen LogP contribution in [0.25, 0.3) is 0 Å². The van der Waals surface area contributed by atoms with E-state index in [0.717, 1.165) is 36.2 Å². The molecule has 186 valence electrons. The predicted octanol–water partition coefficient (Wildman–Crippen LogP) is 5.28. The van der Waals surface area contributed by atoms with Crippen LogP contribution in [-0.2, 0) is 17.5 Å². The van der Waals surface area contributed by atoms with E-state index < -0.39 is 11.0 Å². The van der Waals surface area contributed by atoms with Crippen LogP contribution in [0.1, 0.15) is 55.5 Å². The van der Waals surface area contributed by atoms with Gasteiger partial charge in [0, 0.05) is 43.5 Å². The zero-order chi connectivity index (χ0) is 24.7. The Kier molecular flexibility index (Phi) is 10.0. The smallest absolute Gasteiger partial charge is 0.257 e. The van der Waals surface area contributed by atoms with Gasteiger partial charge in [-0.25, -0.2) is 8.51 Å². The number of nitrogens with two attached hydrogens (primary N) is 1. The predicted molar refractivity (Wildman–Crippen MR) is 145 cm³/mol. The van der Waals surface area contributed by atoms with Gasteiger partial charge in [-0.05, 0) is 78.6 Å². The topological polar surface area (TPSA) is 78.7 Å². The summed E-state index contributed by atoms with van der Waals surface area (Å²) in [6.45, 7) is 7.19. The molecule has 6 nitrogen and oxygen atoms in total. The minimum Gasteiger partial charge on any atom is -0.326 e. The van der Waals surface area contributed by atoms with Gasteiger partial charge in [0.2, 0.25) is 0 Å². The molecule has 0 aliphatic carbocycles. The van der Waals surface area contributed by atoms with Crippen LogP contribution in [0.4, 0.5) is 11.4 Å². The first-order valence-corrected chi connectivity index (χ1v) is 14.3. The highest BCUT2D eigenvalue weighted by molar-refractivity contribution is 7.97. The molecule has 1 fully saturated rings. The number of amides is 1. The number of hydrogen-bond donors (Lipinski definition) is 2. The van der Waals surface area contributed by atoms with Crippen molar-refractivity contribution in [2.75, 3.05) is 36.0 Å². The molecule has 1 amide bonds. The lowest BCUT2D eigenvalue weighted by atomic mass is 9.90. The van der Waals surface area contributed by atoms with Crippen molar-refractivity contribution >= 4 is 40.2 Å². The van der Waals surface area contributed by atoms with E-state index in [0.29, 0.717) is 17.8 Å². The Morgan fingerprint density at radius 3 is 2.47 bits per heavy atom. The second kappa shape index (κ2) is 12.7. The van der Waals surface area contributed by atoms with Crippen LogP contribution >= 0.6 is 11.9 Å². The number of nitrogens with zero attached hydrogens (tertiary/aromatic N) is 2. The molecule has 1 saturated heterocycles. The number of piperidine rings is 1. The van der Waals surface area contributed by atoms with E-state index in [-0.39, 0.29) is 5.91 Å². The fourth-order valence-corrected chi connectivity index (χ4v) is 5.50. The van der Waals surface area contributed by atoms with Crippen molar-refractivity contribution in [3.05, 3.63) is 53.6 Å². The molecular weight excluding hydrogens is 464 g/mol. The van der Waals surface area contributed by atoms with Gasteiger partial charge < -0.3 is 11.1 Å². The molecule has 1 heterocycles. The molecule has 0 bridgehead atoms. The average molecular weight is 503 g/mol. The summed E-state index contributed by atoms with van der Waals surface area (Å²) in [6, 6.07) is 13.4. The summed E-state index contributed by atoms with van der Waals surface area (Å²) in [5.41, 5.74) is 8.42. The number of carbonyl (C=O) groups excluding carboxylic acids is 1. The molecule has 1 atom stereocenters. The van der Waals surface area contributed by atoms with E-state index in [1.807, 2.05) is 18.2 Å². The third-order valence-corrected chi connectivity index (χ3v) is 8.41. The largest absolute Gasteiger partial charge is 0.326 e. The summed E-state index contributed by atoms with van der Waals surface area (Å²) in [7, 11) is 0.470. The third-order valence-electron chi connectivity index (χ3n) is 6.34. The zero-order valence-corrected chi connectivity index (χ0v) is 22.4. The summed E-state index contributed by atoms with van der Waals surface area (Å²) in [6.07, 6.45) is 6.81. The highest BCUT2D eigenvalue weighted by atomic mass is 32.2. The Morgan fingerprint density at radius 2 is 1.88 bits per heavy atom. The van der Waals surface area contributed by atoms with Crippen LogP contribution in [-0.4, -0.2) is 40.8 Å². The number of carbonyl (C=O) groups is 1. The summed E-state index contributed by atoms with van der Waals surface area (Å²) in [5.74, 6) is 1.41. The van der Waals surface area contributed by atoms with Gasteiger partial charge in [-0.2, -0.15) is 0 Å². The zero-order valence-electron chi connectivity index (χ0n) is 20.8. The first-order chi connectivity index (χ1) is 16.3. The summed E-state index contributed by atoms with van der Waals surface area (Å²) >= 11 is 1.80. The first-order valence-electron chi connectivity index (χ1n) is 12.0. The molecule has 34 heavy (non-hydrogen) atoms. The Labute approximate surface area is 211 Å². The van der Waals surface area contributed by atoms with Gasteiger partial charge in [-0.15, -0.1) is 0 Å². The lowest BCUT2D eigenvalue weighted by Crippen LogP contribution is -2.28. The third kappa shape index (κ3) is 7.57. The Morgan fingerprint density at radius 1 is 1.21 bits per heavy atom. The molecular formula is C26H38N4O2S2. The van der Waals surface area contributed by atoms with Crippen molar-refractivity contribution in [1.29, 1.82) is 0 Å².